The van der Waals surface area contributed by atoms with Crippen LogP contribution in [0.2, 0.25) is 0 Å². The highest BCUT2D eigenvalue weighted by Gasteiger charge is 2.10. The smallest absolute Gasteiger partial charge is 0.234 e. The second-order valence-electron chi connectivity index (χ2n) is 5.37. The Morgan fingerprint density at radius 2 is 1.96 bits per heavy atom. The molecule has 3 aromatic rings. The molecule has 0 spiro atoms. The lowest BCUT2D eigenvalue weighted by atomic mass is 10.1. The monoisotopic (exact) mass is 354 g/mol. The normalized spacial score (nSPS) is 10.6. The molecule has 1 heterocycles. The molecule has 1 aromatic heterocycles. The van der Waals surface area contributed by atoms with E-state index in [4.69, 9.17) is 0 Å². The van der Waals surface area contributed by atoms with E-state index in [9.17, 15) is 9.90 Å². The second kappa shape index (κ2) is 7.85. The number of H-pyrrole nitrogens is 1. The van der Waals surface area contributed by atoms with Crippen molar-refractivity contribution in [1.29, 1.82) is 0 Å². The second-order valence-corrected chi connectivity index (χ2v) is 6.31. The highest BCUT2D eigenvalue weighted by molar-refractivity contribution is 7.99. The quantitative estimate of drug-likeness (QED) is 0.466. The summed E-state index contributed by atoms with van der Waals surface area (Å²) in [7, 11) is 0. The molecule has 25 heavy (non-hydrogen) atoms. The molecule has 0 aliphatic carbocycles. The Kier molecular flexibility index (Phi) is 5.35. The summed E-state index contributed by atoms with van der Waals surface area (Å²) in [5.41, 5.74) is 2.61. The highest BCUT2D eigenvalue weighted by Crippen LogP contribution is 2.23. The number of para-hydroxylation sites is 2. The maximum Gasteiger partial charge on any atom is 0.234 e. The van der Waals surface area contributed by atoms with Gasteiger partial charge in [-0.3, -0.25) is 9.89 Å². The van der Waals surface area contributed by atoms with Crippen LogP contribution < -0.4 is 5.32 Å². The molecule has 2 aromatic carbocycles. The molecule has 0 aliphatic heterocycles. The van der Waals surface area contributed by atoms with Crippen LogP contribution in [0, 0.1) is 0 Å². The van der Waals surface area contributed by atoms with Crippen LogP contribution in [0.5, 0.6) is 5.75 Å². The minimum atomic E-state index is -0.231. The Balaban J connectivity index is 1.58. The number of aromatic amines is 1. The van der Waals surface area contributed by atoms with E-state index in [-0.39, 0.29) is 17.4 Å². The van der Waals surface area contributed by atoms with Gasteiger partial charge in [-0.05, 0) is 24.1 Å². The fraction of sp³-hybridized carbons (Fsp3) is 0.167. The molecule has 7 heteroatoms. The maximum atomic E-state index is 12.0. The Bertz CT molecular complexity index is 862. The minimum Gasteiger partial charge on any atom is -0.506 e. The number of amides is 1. The van der Waals surface area contributed by atoms with E-state index < -0.39 is 0 Å². The predicted molar refractivity (Wildman–Crippen MR) is 98.7 cm³/mol. The number of aryl methyl sites for hydroxylation is 1. The van der Waals surface area contributed by atoms with Crippen molar-refractivity contribution in [3.63, 3.8) is 0 Å². The van der Waals surface area contributed by atoms with E-state index in [0.29, 0.717) is 16.7 Å². The van der Waals surface area contributed by atoms with E-state index >= 15 is 0 Å². The summed E-state index contributed by atoms with van der Waals surface area (Å²) in [6, 6.07) is 14.7. The standard InChI is InChI=1S/C18H18N4O2S/c1-2-12-7-9-13(10-8-12)17-20-18(22-21-17)25-11-16(24)19-14-5-3-4-6-15(14)23/h3-10,23H,2,11H2,1H3,(H,19,24)(H,20,21,22). The fourth-order valence-corrected chi connectivity index (χ4v) is 2.83. The number of aromatic nitrogens is 3. The van der Waals surface area contributed by atoms with Crippen LogP contribution >= 0.6 is 11.8 Å². The molecule has 0 aliphatic rings. The third-order valence-electron chi connectivity index (χ3n) is 3.61. The molecule has 0 unspecified atom stereocenters. The number of carbonyl (C=O) groups excluding carboxylic acids is 1. The van der Waals surface area contributed by atoms with Gasteiger partial charge < -0.3 is 10.4 Å². The first-order chi connectivity index (χ1) is 12.2. The molecule has 1 amide bonds. The van der Waals surface area contributed by atoms with Gasteiger partial charge in [0.15, 0.2) is 5.82 Å². The first-order valence-electron chi connectivity index (χ1n) is 7.88. The molecule has 0 bridgehead atoms. The largest absolute Gasteiger partial charge is 0.506 e. The average molecular weight is 354 g/mol. The van der Waals surface area contributed by atoms with E-state index in [1.165, 1.54) is 23.4 Å². The molecular formula is C18H18N4O2S. The third kappa shape index (κ3) is 4.39. The van der Waals surface area contributed by atoms with Gasteiger partial charge in [-0.25, -0.2) is 4.98 Å². The molecule has 0 radical (unpaired) electrons. The Morgan fingerprint density at radius 1 is 1.20 bits per heavy atom. The number of anilines is 1. The average Bonchev–Trinajstić information content (AvgIpc) is 3.11. The third-order valence-corrected chi connectivity index (χ3v) is 4.46. The van der Waals surface area contributed by atoms with Crippen molar-refractivity contribution >= 4 is 23.4 Å². The van der Waals surface area contributed by atoms with Gasteiger partial charge in [0, 0.05) is 5.56 Å². The first kappa shape index (κ1) is 17.0. The number of hydrogen-bond acceptors (Lipinski definition) is 5. The summed E-state index contributed by atoms with van der Waals surface area (Å²) in [6.07, 6.45) is 0.990. The van der Waals surface area contributed by atoms with Gasteiger partial charge in [-0.2, -0.15) is 0 Å². The van der Waals surface area contributed by atoms with Gasteiger partial charge in [0.05, 0.1) is 11.4 Å². The summed E-state index contributed by atoms with van der Waals surface area (Å²) in [5.74, 6) is 0.633. The van der Waals surface area contributed by atoms with Gasteiger partial charge in [0.25, 0.3) is 0 Å². The van der Waals surface area contributed by atoms with E-state index in [2.05, 4.69) is 39.6 Å². The number of hydrogen-bond donors (Lipinski definition) is 3. The summed E-state index contributed by atoms with van der Waals surface area (Å²) in [4.78, 5) is 16.4. The highest BCUT2D eigenvalue weighted by atomic mass is 32.2. The predicted octanol–water partition coefficient (Wildman–Crippen LogP) is 3.47. The number of nitrogens with zero attached hydrogens (tertiary/aromatic N) is 2. The van der Waals surface area contributed by atoms with Crippen molar-refractivity contribution in [2.24, 2.45) is 0 Å². The van der Waals surface area contributed by atoms with Gasteiger partial charge in [0.2, 0.25) is 11.1 Å². The molecule has 0 atom stereocenters. The van der Waals surface area contributed by atoms with Crippen LogP contribution in [0.1, 0.15) is 12.5 Å². The number of nitrogens with one attached hydrogen (secondary N) is 2. The van der Waals surface area contributed by atoms with Crippen molar-refractivity contribution in [1.82, 2.24) is 15.2 Å². The lowest BCUT2D eigenvalue weighted by molar-refractivity contribution is -0.113. The maximum absolute atomic E-state index is 12.0. The fourth-order valence-electron chi connectivity index (χ4n) is 2.23. The molecule has 0 saturated carbocycles. The van der Waals surface area contributed by atoms with Crippen LogP contribution in [0.4, 0.5) is 5.69 Å². The zero-order valence-electron chi connectivity index (χ0n) is 13.7. The number of phenols is 1. The minimum absolute atomic E-state index is 0.0385. The number of rotatable bonds is 6. The summed E-state index contributed by atoms with van der Waals surface area (Å²) in [6.45, 7) is 2.11. The number of aromatic hydroxyl groups is 1. The zero-order valence-corrected chi connectivity index (χ0v) is 14.5. The topological polar surface area (TPSA) is 90.9 Å². The van der Waals surface area contributed by atoms with Crippen LogP contribution in [-0.4, -0.2) is 31.9 Å². The van der Waals surface area contributed by atoms with Gasteiger partial charge >= 0.3 is 0 Å². The number of thioether (sulfide) groups is 1. The molecule has 3 rings (SSSR count). The Labute approximate surface area is 149 Å². The van der Waals surface area contributed by atoms with Gasteiger partial charge in [-0.1, -0.05) is 55.1 Å². The lowest BCUT2D eigenvalue weighted by Gasteiger charge is -2.05. The Hall–Kier alpha value is -2.80. The Morgan fingerprint density at radius 3 is 2.68 bits per heavy atom. The number of benzene rings is 2. The van der Waals surface area contributed by atoms with Crippen molar-refractivity contribution in [2.45, 2.75) is 18.5 Å². The zero-order chi connectivity index (χ0) is 17.6. The lowest BCUT2D eigenvalue weighted by Crippen LogP contribution is -2.14. The summed E-state index contributed by atoms with van der Waals surface area (Å²) < 4.78 is 0. The molecule has 0 saturated heterocycles. The van der Waals surface area contributed by atoms with E-state index in [1.54, 1.807) is 18.2 Å². The summed E-state index contributed by atoms with van der Waals surface area (Å²) >= 11 is 1.23. The van der Waals surface area contributed by atoms with Crippen LogP contribution in [0.15, 0.2) is 53.7 Å². The van der Waals surface area contributed by atoms with Crippen molar-refractivity contribution in [2.75, 3.05) is 11.1 Å². The van der Waals surface area contributed by atoms with Crippen LogP contribution in [-0.2, 0) is 11.2 Å². The molecule has 128 valence electrons. The SMILES string of the molecule is CCc1ccc(-c2nc(SCC(=O)Nc3ccccc3O)n[nH]2)cc1. The van der Waals surface area contributed by atoms with E-state index in [0.717, 1.165) is 12.0 Å². The molecular weight excluding hydrogens is 336 g/mol. The van der Waals surface area contributed by atoms with Gasteiger partial charge in [0.1, 0.15) is 5.75 Å². The molecule has 6 nitrogen and oxygen atoms in total. The number of phenolic OH excluding ortho intramolecular Hbond substituents is 1. The van der Waals surface area contributed by atoms with Crippen molar-refractivity contribution in [3.05, 3.63) is 54.1 Å². The van der Waals surface area contributed by atoms with Crippen molar-refractivity contribution in [3.8, 4) is 17.1 Å². The van der Waals surface area contributed by atoms with Gasteiger partial charge in [-0.15, -0.1) is 5.10 Å². The van der Waals surface area contributed by atoms with E-state index in [1.807, 2.05) is 12.1 Å². The van der Waals surface area contributed by atoms with Crippen LogP contribution in [0.3, 0.4) is 0 Å². The number of carbonyl (C=O) groups is 1. The van der Waals surface area contributed by atoms with Crippen molar-refractivity contribution < 1.29 is 9.90 Å². The first-order valence-corrected chi connectivity index (χ1v) is 8.86. The molecule has 3 N–H and O–H groups in total. The summed E-state index contributed by atoms with van der Waals surface area (Å²) in [5, 5.41) is 19.8. The van der Waals surface area contributed by atoms with Crippen LogP contribution in [0.25, 0.3) is 11.4 Å². The molecule has 0 fully saturated rings.